The number of nitrogens with one attached hydrogen (secondary N) is 2. The van der Waals surface area contributed by atoms with Gasteiger partial charge in [0.15, 0.2) is 0 Å². The first kappa shape index (κ1) is 14.4. The Labute approximate surface area is 121 Å². The molecule has 0 bridgehead atoms. The fourth-order valence-corrected chi connectivity index (χ4v) is 2.19. The first-order chi connectivity index (χ1) is 9.83. The van der Waals surface area contributed by atoms with Crippen molar-refractivity contribution in [1.29, 1.82) is 0 Å². The number of rotatable bonds is 7. The van der Waals surface area contributed by atoms with Gasteiger partial charge in [-0.1, -0.05) is 44.2 Å². The molecule has 0 fully saturated rings. The van der Waals surface area contributed by atoms with Gasteiger partial charge in [-0.05, 0) is 24.5 Å². The second-order valence-electron chi connectivity index (χ2n) is 4.90. The van der Waals surface area contributed by atoms with Crippen LogP contribution in [0.5, 0.6) is 0 Å². The molecule has 106 valence electrons. The molecule has 1 atom stereocenters. The molecule has 1 aromatic heterocycles. The maximum atomic E-state index is 4.29. The summed E-state index contributed by atoms with van der Waals surface area (Å²) in [5.41, 5.74) is 3.43. The van der Waals surface area contributed by atoms with Crippen molar-refractivity contribution in [2.45, 2.75) is 32.7 Å². The second-order valence-corrected chi connectivity index (χ2v) is 4.90. The maximum absolute atomic E-state index is 4.29. The van der Waals surface area contributed by atoms with Crippen molar-refractivity contribution in [3.05, 3.63) is 54.4 Å². The van der Waals surface area contributed by atoms with Crippen molar-refractivity contribution in [3.63, 3.8) is 0 Å². The Morgan fingerprint density at radius 3 is 2.50 bits per heavy atom. The third kappa shape index (κ3) is 3.98. The van der Waals surface area contributed by atoms with E-state index in [0.717, 1.165) is 30.8 Å². The minimum atomic E-state index is 0.319. The van der Waals surface area contributed by atoms with Crippen molar-refractivity contribution < 1.29 is 0 Å². The van der Waals surface area contributed by atoms with Gasteiger partial charge in [0.1, 0.15) is 0 Å². The maximum Gasteiger partial charge on any atom is 0.0552 e. The van der Waals surface area contributed by atoms with Gasteiger partial charge in [0, 0.05) is 6.54 Å². The van der Waals surface area contributed by atoms with Crippen molar-refractivity contribution >= 4 is 11.4 Å². The van der Waals surface area contributed by atoms with E-state index in [4.69, 9.17) is 0 Å². The Hall–Kier alpha value is -2.03. The van der Waals surface area contributed by atoms with Gasteiger partial charge in [0.2, 0.25) is 0 Å². The van der Waals surface area contributed by atoms with Crippen LogP contribution in [0.15, 0.2) is 48.8 Å². The summed E-state index contributed by atoms with van der Waals surface area (Å²) < 4.78 is 0. The van der Waals surface area contributed by atoms with Gasteiger partial charge >= 0.3 is 0 Å². The molecule has 2 rings (SSSR count). The Balaban J connectivity index is 2.07. The minimum absolute atomic E-state index is 0.319. The number of benzene rings is 1. The summed E-state index contributed by atoms with van der Waals surface area (Å²) in [6.45, 7) is 5.32. The van der Waals surface area contributed by atoms with Crippen molar-refractivity contribution in [2.75, 3.05) is 17.2 Å². The van der Waals surface area contributed by atoms with Gasteiger partial charge in [-0.2, -0.15) is 0 Å². The van der Waals surface area contributed by atoms with Crippen LogP contribution in [-0.2, 0) is 0 Å². The van der Waals surface area contributed by atoms with Crippen LogP contribution in [0.4, 0.5) is 11.4 Å². The Kier molecular flexibility index (Phi) is 5.42. The van der Waals surface area contributed by atoms with E-state index in [2.05, 4.69) is 59.8 Å². The highest BCUT2D eigenvalue weighted by Crippen LogP contribution is 2.23. The van der Waals surface area contributed by atoms with Gasteiger partial charge < -0.3 is 10.6 Å². The molecule has 1 heterocycles. The predicted molar refractivity (Wildman–Crippen MR) is 86.1 cm³/mol. The van der Waals surface area contributed by atoms with Crippen LogP contribution < -0.4 is 10.6 Å². The standard InChI is InChI=1S/C17H23N3/c1-3-10-19-15-11-16(13-18-12-15)20-17(4-2)14-8-6-5-7-9-14/h5-9,11-13,17,19-20H,3-4,10H2,1-2H3. The van der Waals surface area contributed by atoms with E-state index < -0.39 is 0 Å². The van der Waals surface area contributed by atoms with E-state index in [1.165, 1.54) is 5.56 Å². The summed E-state index contributed by atoms with van der Waals surface area (Å²) >= 11 is 0. The van der Waals surface area contributed by atoms with Crippen molar-refractivity contribution in [3.8, 4) is 0 Å². The van der Waals surface area contributed by atoms with E-state index in [-0.39, 0.29) is 0 Å². The topological polar surface area (TPSA) is 37.0 Å². The molecule has 0 saturated heterocycles. The Bertz CT molecular complexity index is 511. The van der Waals surface area contributed by atoms with Gasteiger partial charge in [-0.15, -0.1) is 0 Å². The monoisotopic (exact) mass is 269 g/mol. The normalized spacial score (nSPS) is 11.9. The lowest BCUT2D eigenvalue weighted by Gasteiger charge is -2.19. The van der Waals surface area contributed by atoms with Crippen LogP contribution in [0.2, 0.25) is 0 Å². The number of pyridine rings is 1. The molecule has 20 heavy (non-hydrogen) atoms. The molecular formula is C17H23N3. The van der Waals surface area contributed by atoms with Crippen LogP contribution in [-0.4, -0.2) is 11.5 Å². The smallest absolute Gasteiger partial charge is 0.0552 e. The highest BCUT2D eigenvalue weighted by molar-refractivity contribution is 5.54. The average molecular weight is 269 g/mol. The summed E-state index contributed by atoms with van der Waals surface area (Å²) in [6, 6.07) is 13.0. The van der Waals surface area contributed by atoms with Gasteiger partial charge in [0.25, 0.3) is 0 Å². The zero-order valence-electron chi connectivity index (χ0n) is 12.3. The number of aromatic nitrogens is 1. The number of hydrogen-bond donors (Lipinski definition) is 2. The summed E-state index contributed by atoms with van der Waals surface area (Å²) in [7, 11) is 0. The lowest BCUT2D eigenvalue weighted by Crippen LogP contribution is -2.10. The van der Waals surface area contributed by atoms with Crippen LogP contribution in [0.1, 0.15) is 38.3 Å². The highest BCUT2D eigenvalue weighted by atomic mass is 14.9. The number of anilines is 2. The SMILES string of the molecule is CCCNc1cncc(NC(CC)c2ccccc2)c1. The Morgan fingerprint density at radius 2 is 1.80 bits per heavy atom. The minimum Gasteiger partial charge on any atom is -0.384 e. The fourth-order valence-electron chi connectivity index (χ4n) is 2.19. The van der Waals surface area contributed by atoms with Crippen molar-refractivity contribution in [2.24, 2.45) is 0 Å². The molecule has 2 aromatic rings. The highest BCUT2D eigenvalue weighted by Gasteiger charge is 2.08. The van der Waals surface area contributed by atoms with E-state index in [0.29, 0.717) is 6.04 Å². The van der Waals surface area contributed by atoms with Crippen LogP contribution in [0, 0.1) is 0 Å². The van der Waals surface area contributed by atoms with Crippen LogP contribution in [0.25, 0.3) is 0 Å². The van der Waals surface area contributed by atoms with Gasteiger partial charge in [0.05, 0.1) is 29.8 Å². The summed E-state index contributed by atoms with van der Waals surface area (Å²) in [5, 5.41) is 6.92. The molecule has 0 aliphatic carbocycles. The third-order valence-corrected chi connectivity index (χ3v) is 3.27. The molecule has 0 spiro atoms. The predicted octanol–water partition coefficient (Wildman–Crippen LogP) is 4.47. The summed E-state index contributed by atoms with van der Waals surface area (Å²) in [6.07, 6.45) is 5.89. The first-order valence-electron chi connectivity index (χ1n) is 7.34. The number of hydrogen-bond acceptors (Lipinski definition) is 3. The van der Waals surface area contributed by atoms with Gasteiger partial charge in [-0.3, -0.25) is 4.98 Å². The molecule has 1 aromatic carbocycles. The molecule has 0 saturated carbocycles. The van der Waals surface area contributed by atoms with E-state index in [1.54, 1.807) is 0 Å². The second kappa shape index (κ2) is 7.53. The average Bonchev–Trinajstić information content (AvgIpc) is 2.52. The molecule has 3 heteroatoms. The molecule has 3 nitrogen and oxygen atoms in total. The third-order valence-electron chi connectivity index (χ3n) is 3.27. The lowest BCUT2D eigenvalue weighted by molar-refractivity contribution is 0.749. The van der Waals surface area contributed by atoms with Crippen LogP contribution in [0.3, 0.4) is 0 Å². The number of nitrogens with zero attached hydrogens (tertiary/aromatic N) is 1. The molecule has 0 radical (unpaired) electrons. The lowest BCUT2D eigenvalue weighted by atomic mass is 10.0. The first-order valence-corrected chi connectivity index (χ1v) is 7.34. The molecule has 0 amide bonds. The quantitative estimate of drug-likeness (QED) is 0.779. The molecule has 0 aliphatic heterocycles. The molecule has 0 aliphatic rings. The zero-order valence-corrected chi connectivity index (χ0v) is 12.3. The molecule has 2 N–H and O–H groups in total. The largest absolute Gasteiger partial charge is 0.384 e. The van der Waals surface area contributed by atoms with Gasteiger partial charge in [-0.25, -0.2) is 0 Å². The van der Waals surface area contributed by atoms with E-state index in [1.807, 2.05) is 18.5 Å². The van der Waals surface area contributed by atoms with Crippen molar-refractivity contribution in [1.82, 2.24) is 4.98 Å². The molecule has 1 unspecified atom stereocenters. The zero-order chi connectivity index (χ0) is 14.2. The van der Waals surface area contributed by atoms with E-state index >= 15 is 0 Å². The fraction of sp³-hybridized carbons (Fsp3) is 0.353. The summed E-state index contributed by atoms with van der Waals surface area (Å²) in [4.78, 5) is 4.29. The summed E-state index contributed by atoms with van der Waals surface area (Å²) in [5.74, 6) is 0. The van der Waals surface area contributed by atoms with E-state index in [9.17, 15) is 0 Å². The molecular weight excluding hydrogens is 246 g/mol. The van der Waals surface area contributed by atoms with Crippen LogP contribution >= 0.6 is 0 Å². The Morgan fingerprint density at radius 1 is 1.05 bits per heavy atom.